The number of primary amides is 1. The van der Waals surface area contributed by atoms with Gasteiger partial charge in [-0.2, -0.15) is 0 Å². The molecular weight excluding hydrogens is 208 g/mol. The molecule has 6 heteroatoms. The van der Waals surface area contributed by atoms with Crippen LogP contribution in [0, 0.1) is 0 Å². The van der Waals surface area contributed by atoms with Crippen molar-refractivity contribution in [1.82, 2.24) is 9.97 Å². The van der Waals surface area contributed by atoms with Crippen LogP contribution in [0.1, 0.15) is 24.5 Å². The fourth-order valence-electron chi connectivity index (χ4n) is 1.70. The first kappa shape index (κ1) is 10.8. The van der Waals surface area contributed by atoms with Crippen LogP contribution in [0.4, 0.5) is 5.82 Å². The van der Waals surface area contributed by atoms with E-state index >= 15 is 0 Å². The SMILES string of the molecule is NC(=O)CNc1cc(C2CC(O)C2)ncn1. The highest BCUT2D eigenvalue weighted by molar-refractivity contribution is 5.78. The molecule has 1 aliphatic rings. The van der Waals surface area contributed by atoms with E-state index in [1.54, 1.807) is 6.07 Å². The van der Waals surface area contributed by atoms with Crippen LogP contribution in [-0.2, 0) is 4.79 Å². The van der Waals surface area contributed by atoms with E-state index in [0.29, 0.717) is 11.7 Å². The first-order valence-electron chi connectivity index (χ1n) is 5.17. The lowest BCUT2D eigenvalue weighted by Gasteiger charge is -2.30. The molecule has 0 saturated heterocycles. The van der Waals surface area contributed by atoms with Gasteiger partial charge in [-0.3, -0.25) is 4.79 Å². The maximum Gasteiger partial charge on any atom is 0.236 e. The van der Waals surface area contributed by atoms with E-state index in [9.17, 15) is 9.90 Å². The first-order valence-corrected chi connectivity index (χ1v) is 5.17. The molecule has 4 N–H and O–H groups in total. The number of aliphatic hydroxyl groups excluding tert-OH is 1. The third-order valence-corrected chi connectivity index (χ3v) is 2.66. The Bertz CT molecular complexity index is 390. The Morgan fingerprint density at radius 1 is 1.56 bits per heavy atom. The van der Waals surface area contributed by atoms with Gasteiger partial charge in [0, 0.05) is 17.7 Å². The molecule has 86 valence electrons. The summed E-state index contributed by atoms with van der Waals surface area (Å²) in [4.78, 5) is 18.7. The van der Waals surface area contributed by atoms with Gasteiger partial charge in [-0.05, 0) is 12.8 Å². The largest absolute Gasteiger partial charge is 0.393 e. The Morgan fingerprint density at radius 2 is 2.31 bits per heavy atom. The van der Waals surface area contributed by atoms with E-state index in [0.717, 1.165) is 18.5 Å². The second kappa shape index (κ2) is 4.44. The highest BCUT2D eigenvalue weighted by Gasteiger charge is 2.29. The van der Waals surface area contributed by atoms with Crippen LogP contribution >= 0.6 is 0 Å². The van der Waals surface area contributed by atoms with E-state index in [-0.39, 0.29) is 12.6 Å². The summed E-state index contributed by atoms with van der Waals surface area (Å²) >= 11 is 0. The zero-order chi connectivity index (χ0) is 11.5. The summed E-state index contributed by atoms with van der Waals surface area (Å²) in [5.74, 6) is 0.455. The Balaban J connectivity index is 1.99. The zero-order valence-corrected chi connectivity index (χ0v) is 8.76. The number of carbonyl (C=O) groups is 1. The number of nitrogens with one attached hydrogen (secondary N) is 1. The van der Waals surface area contributed by atoms with Crippen LogP contribution in [-0.4, -0.2) is 33.6 Å². The molecular formula is C10H14N4O2. The Hall–Kier alpha value is -1.69. The monoisotopic (exact) mass is 222 g/mol. The number of anilines is 1. The molecule has 0 aliphatic heterocycles. The number of amides is 1. The molecule has 0 radical (unpaired) electrons. The molecule has 6 nitrogen and oxygen atoms in total. The Kier molecular flexibility index (Phi) is 3.00. The molecule has 0 atom stereocenters. The average Bonchev–Trinajstić information content (AvgIpc) is 2.22. The fourth-order valence-corrected chi connectivity index (χ4v) is 1.70. The van der Waals surface area contributed by atoms with Crippen molar-refractivity contribution in [1.29, 1.82) is 0 Å². The second-order valence-electron chi connectivity index (χ2n) is 3.97. The minimum absolute atomic E-state index is 0.0593. The molecule has 0 spiro atoms. The quantitative estimate of drug-likeness (QED) is 0.644. The highest BCUT2D eigenvalue weighted by Crippen LogP contribution is 2.35. The van der Waals surface area contributed by atoms with Gasteiger partial charge < -0.3 is 16.2 Å². The topological polar surface area (TPSA) is 101 Å². The van der Waals surface area contributed by atoms with E-state index in [1.807, 2.05) is 0 Å². The number of hydrogen-bond acceptors (Lipinski definition) is 5. The normalized spacial score (nSPS) is 23.6. The van der Waals surface area contributed by atoms with Crippen molar-refractivity contribution in [3.05, 3.63) is 18.1 Å². The lowest BCUT2D eigenvalue weighted by atomic mass is 9.80. The van der Waals surface area contributed by atoms with Crippen molar-refractivity contribution in [2.45, 2.75) is 24.9 Å². The van der Waals surface area contributed by atoms with Crippen molar-refractivity contribution in [2.24, 2.45) is 5.73 Å². The number of aliphatic hydroxyl groups is 1. The summed E-state index contributed by atoms with van der Waals surface area (Å²) < 4.78 is 0. The summed E-state index contributed by atoms with van der Waals surface area (Å²) in [5, 5.41) is 12.0. The summed E-state index contributed by atoms with van der Waals surface area (Å²) in [6, 6.07) is 1.79. The number of carbonyl (C=O) groups excluding carboxylic acids is 1. The summed E-state index contributed by atoms with van der Waals surface area (Å²) in [6.07, 6.45) is 2.73. The Labute approximate surface area is 92.9 Å². The third-order valence-electron chi connectivity index (χ3n) is 2.66. The Morgan fingerprint density at radius 3 is 2.94 bits per heavy atom. The van der Waals surface area contributed by atoms with Crippen molar-refractivity contribution in [3.63, 3.8) is 0 Å². The summed E-state index contributed by atoms with van der Waals surface area (Å²) in [6.45, 7) is 0.0593. The number of nitrogens with two attached hydrogens (primary N) is 1. The lowest BCUT2D eigenvalue weighted by molar-refractivity contribution is -0.116. The van der Waals surface area contributed by atoms with Gasteiger partial charge >= 0.3 is 0 Å². The molecule has 1 heterocycles. The van der Waals surface area contributed by atoms with E-state index in [1.165, 1.54) is 6.33 Å². The first-order chi connectivity index (χ1) is 7.65. The molecule has 0 aromatic carbocycles. The number of hydrogen-bond donors (Lipinski definition) is 3. The molecule has 1 saturated carbocycles. The van der Waals surface area contributed by atoms with Gasteiger partial charge in [0.25, 0.3) is 0 Å². The van der Waals surface area contributed by atoms with Crippen LogP contribution in [0.2, 0.25) is 0 Å². The summed E-state index contributed by atoms with van der Waals surface area (Å²) in [5.41, 5.74) is 5.91. The van der Waals surface area contributed by atoms with Gasteiger partial charge in [-0.15, -0.1) is 0 Å². The van der Waals surface area contributed by atoms with E-state index in [2.05, 4.69) is 15.3 Å². The van der Waals surface area contributed by atoms with Gasteiger partial charge in [-0.25, -0.2) is 9.97 Å². The van der Waals surface area contributed by atoms with Crippen LogP contribution in [0.5, 0.6) is 0 Å². The van der Waals surface area contributed by atoms with Crippen LogP contribution in [0.3, 0.4) is 0 Å². The van der Waals surface area contributed by atoms with Gasteiger partial charge in [0.1, 0.15) is 12.1 Å². The molecule has 1 amide bonds. The number of nitrogens with zero attached hydrogens (tertiary/aromatic N) is 2. The maximum absolute atomic E-state index is 10.6. The highest BCUT2D eigenvalue weighted by atomic mass is 16.3. The van der Waals surface area contributed by atoms with Gasteiger partial charge in [-0.1, -0.05) is 0 Å². The molecule has 1 aromatic rings. The molecule has 1 aromatic heterocycles. The predicted molar refractivity (Wildman–Crippen MR) is 57.7 cm³/mol. The molecule has 0 bridgehead atoms. The van der Waals surface area contributed by atoms with Crippen LogP contribution in [0.25, 0.3) is 0 Å². The molecule has 2 rings (SSSR count). The molecule has 1 fully saturated rings. The molecule has 1 aliphatic carbocycles. The lowest BCUT2D eigenvalue weighted by Crippen LogP contribution is -2.27. The van der Waals surface area contributed by atoms with Crippen molar-refractivity contribution in [2.75, 3.05) is 11.9 Å². The summed E-state index contributed by atoms with van der Waals surface area (Å²) in [7, 11) is 0. The van der Waals surface area contributed by atoms with Gasteiger partial charge in [0.15, 0.2) is 0 Å². The minimum atomic E-state index is -0.431. The van der Waals surface area contributed by atoms with Crippen molar-refractivity contribution < 1.29 is 9.90 Å². The second-order valence-corrected chi connectivity index (χ2v) is 3.97. The molecule has 0 unspecified atom stereocenters. The standard InChI is InChI=1S/C10H14N4O2/c11-9(16)4-12-10-3-8(13-5-14-10)6-1-7(15)2-6/h3,5-7,15H,1-2,4H2,(H2,11,16)(H,12,13,14). The van der Waals surface area contributed by atoms with E-state index in [4.69, 9.17) is 5.73 Å². The maximum atomic E-state index is 10.6. The average molecular weight is 222 g/mol. The van der Waals surface area contributed by atoms with Gasteiger partial charge in [0.05, 0.1) is 12.6 Å². The molecule has 16 heavy (non-hydrogen) atoms. The predicted octanol–water partition coefficient (Wildman–Crippen LogP) is -0.388. The van der Waals surface area contributed by atoms with Crippen molar-refractivity contribution in [3.8, 4) is 0 Å². The smallest absolute Gasteiger partial charge is 0.236 e. The van der Waals surface area contributed by atoms with E-state index < -0.39 is 5.91 Å². The van der Waals surface area contributed by atoms with Gasteiger partial charge in [0.2, 0.25) is 5.91 Å². The third kappa shape index (κ3) is 2.46. The zero-order valence-electron chi connectivity index (χ0n) is 8.76. The number of rotatable bonds is 4. The fraction of sp³-hybridized carbons (Fsp3) is 0.500. The minimum Gasteiger partial charge on any atom is -0.393 e. The van der Waals surface area contributed by atoms with Crippen LogP contribution in [0.15, 0.2) is 12.4 Å². The van der Waals surface area contributed by atoms with Crippen molar-refractivity contribution >= 4 is 11.7 Å². The van der Waals surface area contributed by atoms with Crippen LogP contribution < -0.4 is 11.1 Å². The number of aromatic nitrogens is 2.